The van der Waals surface area contributed by atoms with Gasteiger partial charge in [-0.1, -0.05) is 11.2 Å². The van der Waals surface area contributed by atoms with Crippen molar-refractivity contribution >= 4 is 29.1 Å². The second kappa shape index (κ2) is 14.5. The number of rotatable bonds is 2. The van der Waals surface area contributed by atoms with E-state index in [1.165, 1.54) is 10.6 Å². The Kier molecular flexibility index (Phi) is 14.0. The number of hydrogen-bond donors (Lipinski definition) is 0. The van der Waals surface area contributed by atoms with E-state index in [1.54, 1.807) is 0 Å². The molecule has 0 aliphatic rings. The summed E-state index contributed by atoms with van der Waals surface area (Å²) < 4.78 is 0. The summed E-state index contributed by atoms with van der Waals surface area (Å²) in [6, 6.07) is 36.4. The Hall–Kier alpha value is -0.841. The summed E-state index contributed by atoms with van der Waals surface area (Å²) in [6.07, 6.45) is 0. The molecule has 0 saturated carbocycles. The van der Waals surface area contributed by atoms with Crippen LogP contribution < -0.4 is 10.6 Å². The second-order valence-corrected chi connectivity index (χ2v) is 7.10. The maximum absolute atomic E-state index is 6.28. The Morgan fingerprint density at radius 1 is 0.583 bits per heavy atom. The van der Waals surface area contributed by atoms with Crippen LogP contribution in [0.4, 0.5) is 0 Å². The normalized spacial score (nSPS) is 8.75. The average Bonchev–Trinajstić information content (AvgIpc) is 3.42. The van der Waals surface area contributed by atoms with Crippen molar-refractivity contribution in [3.63, 3.8) is 0 Å². The Balaban J connectivity index is 0.000000370. The van der Waals surface area contributed by atoms with Crippen molar-refractivity contribution in [2.75, 3.05) is 0 Å². The quantitative estimate of drug-likeness (QED) is 0.221. The third-order valence-electron chi connectivity index (χ3n) is 2.85. The first-order chi connectivity index (χ1) is 10.9. The van der Waals surface area contributed by atoms with Crippen molar-refractivity contribution in [3.05, 3.63) is 109 Å². The minimum absolute atomic E-state index is 0. The third-order valence-corrected chi connectivity index (χ3v) is 5.53. The molecule has 0 aliphatic heterocycles. The van der Waals surface area contributed by atoms with Gasteiger partial charge < -0.3 is 0 Å². The van der Waals surface area contributed by atoms with E-state index in [0.717, 1.165) is 0 Å². The van der Waals surface area contributed by atoms with Gasteiger partial charge in [0.05, 0.1) is 0 Å². The number of hydrogen-bond acceptors (Lipinski definition) is 0. The monoisotopic (exact) mass is 436 g/mol. The van der Waals surface area contributed by atoms with Crippen LogP contribution in [0.3, 0.4) is 0 Å². The van der Waals surface area contributed by atoms with Gasteiger partial charge in [-0.2, -0.15) is 60.7 Å². The van der Waals surface area contributed by atoms with Crippen molar-refractivity contribution in [1.82, 2.24) is 0 Å². The van der Waals surface area contributed by atoms with Crippen LogP contribution >= 0.6 is 18.5 Å². The van der Waals surface area contributed by atoms with E-state index in [-0.39, 0.29) is 34.1 Å². The zero-order valence-electron chi connectivity index (χ0n) is 12.9. The Morgan fingerprint density at radius 2 is 0.958 bits per heavy atom. The van der Waals surface area contributed by atoms with Crippen molar-refractivity contribution in [2.45, 2.75) is 0 Å². The van der Waals surface area contributed by atoms with Crippen LogP contribution in [0.2, 0.25) is 0 Å². The first-order valence-electron chi connectivity index (χ1n) is 7.10. The molecule has 0 fully saturated rings. The van der Waals surface area contributed by atoms with Crippen LogP contribution in [-0.4, -0.2) is 0 Å². The van der Waals surface area contributed by atoms with Gasteiger partial charge in [0.15, 0.2) is 0 Å². The molecule has 0 heterocycles. The van der Waals surface area contributed by atoms with Crippen LogP contribution in [0.15, 0.2) is 109 Å². The zero-order valence-corrected chi connectivity index (χ0v) is 16.8. The molecule has 0 spiro atoms. The molecule has 0 nitrogen and oxygen atoms in total. The van der Waals surface area contributed by atoms with E-state index in [2.05, 4.69) is 24.3 Å². The van der Waals surface area contributed by atoms with Gasteiger partial charge in [0.25, 0.3) is 0 Å². The van der Waals surface area contributed by atoms with E-state index in [1.807, 2.05) is 84.9 Å². The largest absolute Gasteiger partial charge is 2.00 e. The fourth-order valence-corrected chi connectivity index (χ4v) is 3.62. The molecular weight excluding hydrogens is 418 g/mol. The summed E-state index contributed by atoms with van der Waals surface area (Å²) >= 11 is 6.28. The summed E-state index contributed by atoms with van der Waals surface area (Å²) in [5.41, 5.74) is 0. The average molecular weight is 436 g/mol. The van der Waals surface area contributed by atoms with Crippen LogP contribution in [0.1, 0.15) is 0 Å². The molecule has 0 radical (unpaired) electrons. The molecular formula is C20H18ClFe2P. The van der Waals surface area contributed by atoms with Gasteiger partial charge >= 0.3 is 34.1 Å². The Bertz CT molecular complexity index is 559. The van der Waals surface area contributed by atoms with Gasteiger partial charge in [0.2, 0.25) is 0 Å². The Labute approximate surface area is 171 Å². The molecule has 4 aromatic rings. The van der Waals surface area contributed by atoms with E-state index in [9.17, 15) is 0 Å². The zero-order chi connectivity index (χ0) is 15.5. The summed E-state index contributed by atoms with van der Waals surface area (Å²) in [7, 11) is -0.624. The fourth-order valence-electron chi connectivity index (χ4n) is 1.78. The molecule has 24 heavy (non-hydrogen) atoms. The summed E-state index contributed by atoms with van der Waals surface area (Å²) in [4.78, 5) is 0. The molecule has 0 aromatic heterocycles. The molecule has 0 unspecified atom stereocenters. The molecule has 0 aliphatic carbocycles. The van der Waals surface area contributed by atoms with Gasteiger partial charge in [-0.25, -0.2) is 48.5 Å². The van der Waals surface area contributed by atoms with Crippen LogP contribution in [0, 0.1) is 0 Å². The van der Waals surface area contributed by atoms with E-state index in [0.29, 0.717) is 0 Å². The van der Waals surface area contributed by atoms with E-state index < -0.39 is 7.27 Å². The van der Waals surface area contributed by atoms with Gasteiger partial charge in [-0.05, 0) is 0 Å². The molecule has 0 amide bonds. The van der Waals surface area contributed by atoms with Gasteiger partial charge in [-0.15, -0.1) is 10.6 Å². The van der Waals surface area contributed by atoms with Gasteiger partial charge in [0.1, 0.15) is 0 Å². The Morgan fingerprint density at radius 3 is 1.17 bits per heavy atom. The molecule has 0 N–H and O–H groups in total. The fraction of sp³-hybridized carbons (Fsp3) is 0. The van der Waals surface area contributed by atoms with Crippen LogP contribution in [0.5, 0.6) is 0 Å². The van der Waals surface area contributed by atoms with Crippen LogP contribution in [0.25, 0.3) is 0 Å². The van der Waals surface area contributed by atoms with Gasteiger partial charge in [0, 0.05) is 7.27 Å². The predicted molar refractivity (Wildman–Crippen MR) is 100 cm³/mol. The number of halogens is 1. The first-order valence-corrected chi connectivity index (χ1v) is 9.35. The molecule has 4 heteroatoms. The van der Waals surface area contributed by atoms with E-state index in [4.69, 9.17) is 11.2 Å². The standard InChI is InChI=1S/C10H8ClP.2C5H5.2Fe/c11-12(9-5-1-2-6-9)10-7-3-4-8-10;2*1-2-4-5-3-1;;/h1-8H;2*1-5H;;/q-2;2*-1;2*+2. The third kappa shape index (κ3) is 8.86. The van der Waals surface area contributed by atoms with E-state index >= 15 is 0 Å². The minimum Gasteiger partial charge on any atom is -0.214 e. The first kappa shape index (κ1) is 23.2. The molecule has 4 aromatic carbocycles. The smallest absolute Gasteiger partial charge is 0.214 e. The maximum atomic E-state index is 6.28. The predicted octanol–water partition coefficient (Wildman–Crippen LogP) is 5.52. The molecule has 0 atom stereocenters. The summed E-state index contributed by atoms with van der Waals surface area (Å²) in [5.74, 6) is 0. The second-order valence-electron chi connectivity index (χ2n) is 4.49. The summed E-state index contributed by atoms with van der Waals surface area (Å²) in [6.45, 7) is 0. The SMILES string of the molecule is ClP(c1ccc[cH-]1)c1ccc[cH-]1.[Fe+2].[Fe+2].c1cc[cH-]c1.c1cc[cH-]c1. The van der Waals surface area contributed by atoms with Crippen molar-refractivity contribution < 1.29 is 34.1 Å². The van der Waals surface area contributed by atoms with Crippen molar-refractivity contribution in [3.8, 4) is 0 Å². The van der Waals surface area contributed by atoms with Crippen molar-refractivity contribution in [1.29, 1.82) is 0 Å². The summed E-state index contributed by atoms with van der Waals surface area (Å²) in [5, 5.41) is 2.47. The van der Waals surface area contributed by atoms with Gasteiger partial charge in [-0.3, -0.25) is 0 Å². The molecule has 0 bridgehead atoms. The minimum atomic E-state index is -0.624. The van der Waals surface area contributed by atoms with Crippen molar-refractivity contribution in [2.24, 2.45) is 0 Å². The topological polar surface area (TPSA) is 0 Å². The molecule has 4 rings (SSSR count). The molecule has 126 valence electrons. The molecule has 0 saturated heterocycles. The van der Waals surface area contributed by atoms with Crippen LogP contribution in [-0.2, 0) is 34.1 Å². The maximum Gasteiger partial charge on any atom is 2.00 e.